The van der Waals surface area contributed by atoms with Gasteiger partial charge in [0.2, 0.25) is 0 Å². The van der Waals surface area contributed by atoms with E-state index in [-0.39, 0.29) is 18.6 Å². The van der Waals surface area contributed by atoms with Crippen molar-refractivity contribution in [3.05, 3.63) is 39.4 Å². The van der Waals surface area contributed by atoms with Gasteiger partial charge in [0.05, 0.1) is 22.5 Å². The number of hydrogen-bond donors (Lipinski definition) is 0. The molecule has 22 heavy (non-hydrogen) atoms. The van der Waals surface area contributed by atoms with Gasteiger partial charge in [-0.15, -0.1) is 0 Å². The Labute approximate surface area is 125 Å². The van der Waals surface area contributed by atoms with Crippen LogP contribution in [-0.2, 0) is 22.1 Å². The smallest absolute Gasteiger partial charge is 0.416 e. The normalized spacial score (nSPS) is 12.1. The molecule has 1 rings (SSSR count). The first kappa shape index (κ1) is 17.9. The molecule has 0 fully saturated rings. The minimum absolute atomic E-state index is 0.120. The van der Waals surface area contributed by atoms with E-state index in [0.29, 0.717) is 6.07 Å². The standard InChI is InChI=1S/C14H16F3NO4/c1-4-22-12(19)13(2,3)8-9-5-6-10(18(20)21)7-11(9)14(15,16)17/h5-7H,4,8H2,1-3H3. The molecule has 1 aromatic carbocycles. The third-order valence-electron chi connectivity index (χ3n) is 3.07. The number of nitro benzene ring substituents is 1. The van der Waals surface area contributed by atoms with Gasteiger partial charge in [-0.2, -0.15) is 13.2 Å². The van der Waals surface area contributed by atoms with Crippen LogP contribution in [0.4, 0.5) is 18.9 Å². The van der Waals surface area contributed by atoms with E-state index in [2.05, 4.69) is 0 Å². The maximum absolute atomic E-state index is 13.1. The van der Waals surface area contributed by atoms with E-state index in [1.165, 1.54) is 13.8 Å². The minimum atomic E-state index is -4.74. The molecule has 0 heterocycles. The Morgan fingerprint density at radius 3 is 2.36 bits per heavy atom. The van der Waals surface area contributed by atoms with Crippen molar-refractivity contribution in [2.45, 2.75) is 33.4 Å². The Morgan fingerprint density at radius 1 is 1.32 bits per heavy atom. The summed E-state index contributed by atoms with van der Waals surface area (Å²) in [5.41, 5.74) is -3.12. The molecule has 1 aromatic rings. The molecule has 0 saturated carbocycles. The fraction of sp³-hybridized carbons (Fsp3) is 0.500. The van der Waals surface area contributed by atoms with Crippen LogP contribution >= 0.6 is 0 Å². The zero-order valence-electron chi connectivity index (χ0n) is 12.4. The summed E-state index contributed by atoms with van der Waals surface area (Å²) in [6, 6.07) is 2.50. The summed E-state index contributed by atoms with van der Waals surface area (Å²) >= 11 is 0. The second kappa shape index (κ2) is 6.33. The van der Waals surface area contributed by atoms with Crippen molar-refractivity contribution >= 4 is 11.7 Å². The third-order valence-corrected chi connectivity index (χ3v) is 3.07. The van der Waals surface area contributed by atoms with Crippen LogP contribution in [0, 0.1) is 15.5 Å². The quantitative estimate of drug-likeness (QED) is 0.471. The zero-order chi connectivity index (χ0) is 17.1. The lowest BCUT2D eigenvalue weighted by molar-refractivity contribution is -0.385. The van der Waals surface area contributed by atoms with E-state index >= 15 is 0 Å². The van der Waals surface area contributed by atoms with Gasteiger partial charge in [0.1, 0.15) is 0 Å². The van der Waals surface area contributed by atoms with Gasteiger partial charge in [0.25, 0.3) is 5.69 Å². The van der Waals surface area contributed by atoms with Gasteiger partial charge in [-0.1, -0.05) is 6.07 Å². The molecule has 0 N–H and O–H groups in total. The van der Waals surface area contributed by atoms with Crippen LogP contribution < -0.4 is 0 Å². The number of rotatable bonds is 5. The molecule has 0 aliphatic carbocycles. The number of ether oxygens (including phenoxy) is 1. The Balaban J connectivity index is 3.24. The fourth-order valence-corrected chi connectivity index (χ4v) is 1.97. The van der Waals surface area contributed by atoms with Crippen LogP contribution in [0.2, 0.25) is 0 Å². The Kier molecular flexibility index (Phi) is 5.16. The molecule has 122 valence electrons. The fourth-order valence-electron chi connectivity index (χ4n) is 1.97. The predicted molar refractivity (Wildman–Crippen MR) is 72.2 cm³/mol. The highest BCUT2D eigenvalue weighted by atomic mass is 19.4. The Bertz CT molecular complexity index is 582. The van der Waals surface area contributed by atoms with Crippen molar-refractivity contribution in [1.82, 2.24) is 0 Å². The molecule has 0 saturated heterocycles. The lowest BCUT2D eigenvalue weighted by Crippen LogP contribution is -2.30. The summed E-state index contributed by atoms with van der Waals surface area (Å²) < 4.78 is 44.1. The van der Waals surface area contributed by atoms with Crippen molar-refractivity contribution in [1.29, 1.82) is 0 Å². The number of non-ortho nitro benzene ring substituents is 1. The molecule has 8 heteroatoms. The van der Waals surface area contributed by atoms with Crippen molar-refractivity contribution in [2.75, 3.05) is 6.61 Å². The van der Waals surface area contributed by atoms with Crippen LogP contribution in [0.1, 0.15) is 31.9 Å². The first-order chi connectivity index (χ1) is 9.99. The van der Waals surface area contributed by atoms with Crippen molar-refractivity contribution in [3.63, 3.8) is 0 Å². The maximum Gasteiger partial charge on any atom is 0.416 e. The number of carbonyl (C=O) groups excluding carboxylic acids is 1. The highest BCUT2D eigenvalue weighted by Gasteiger charge is 2.38. The summed E-state index contributed by atoms with van der Waals surface area (Å²) in [5, 5.41) is 10.6. The van der Waals surface area contributed by atoms with Gasteiger partial charge in [-0.05, 0) is 32.8 Å². The van der Waals surface area contributed by atoms with E-state index in [1.807, 2.05) is 0 Å². The van der Waals surface area contributed by atoms with E-state index in [1.54, 1.807) is 6.92 Å². The van der Waals surface area contributed by atoms with Crippen LogP contribution in [0.3, 0.4) is 0 Å². The van der Waals surface area contributed by atoms with E-state index in [4.69, 9.17) is 4.74 Å². The van der Waals surface area contributed by atoms with Crippen LogP contribution in [-0.4, -0.2) is 17.5 Å². The van der Waals surface area contributed by atoms with Crippen molar-refractivity contribution in [3.8, 4) is 0 Å². The highest BCUT2D eigenvalue weighted by Crippen LogP contribution is 2.37. The largest absolute Gasteiger partial charge is 0.466 e. The van der Waals surface area contributed by atoms with E-state index < -0.39 is 33.7 Å². The van der Waals surface area contributed by atoms with Crippen LogP contribution in [0.15, 0.2) is 18.2 Å². The Morgan fingerprint density at radius 2 is 1.91 bits per heavy atom. The number of esters is 1. The molecule has 0 aliphatic heterocycles. The number of benzene rings is 1. The third kappa shape index (κ3) is 4.19. The lowest BCUT2D eigenvalue weighted by atomic mass is 9.84. The molecule has 0 bridgehead atoms. The molecule has 0 radical (unpaired) electrons. The highest BCUT2D eigenvalue weighted by molar-refractivity contribution is 5.76. The molecule has 0 atom stereocenters. The number of hydrogen-bond acceptors (Lipinski definition) is 4. The lowest BCUT2D eigenvalue weighted by Gasteiger charge is -2.24. The summed E-state index contributed by atoms with van der Waals surface area (Å²) in [5.74, 6) is -0.624. The first-order valence-corrected chi connectivity index (χ1v) is 6.50. The average Bonchev–Trinajstić information content (AvgIpc) is 2.37. The monoisotopic (exact) mass is 319 g/mol. The van der Waals surface area contributed by atoms with Gasteiger partial charge < -0.3 is 4.74 Å². The summed E-state index contributed by atoms with van der Waals surface area (Å²) in [6.07, 6.45) is -4.98. The topological polar surface area (TPSA) is 69.4 Å². The number of alkyl halides is 3. The summed E-state index contributed by atoms with van der Waals surface area (Å²) in [7, 11) is 0. The van der Waals surface area contributed by atoms with Gasteiger partial charge in [-0.25, -0.2) is 0 Å². The molecule has 5 nitrogen and oxygen atoms in total. The summed E-state index contributed by atoms with van der Waals surface area (Å²) in [6.45, 7) is 4.65. The predicted octanol–water partition coefficient (Wildman–Crippen LogP) is 3.75. The molecule has 0 aliphatic rings. The van der Waals surface area contributed by atoms with Crippen LogP contribution in [0.25, 0.3) is 0 Å². The van der Waals surface area contributed by atoms with E-state index in [0.717, 1.165) is 12.1 Å². The van der Waals surface area contributed by atoms with Gasteiger partial charge in [0, 0.05) is 12.1 Å². The van der Waals surface area contributed by atoms with Gasteiger partial charge in [0.15, 0.2) is 0 Å². The van der Waals surface area contributed by atoms with Crippen molar-refractivity contribution in [2.24, 2.45) is 5.41 Å². The Hall–Kier alpha value is -2.12. The number of halogens is 3. The molecule has 0 unspecified atom stereocenters. The van der Waals surface area contributed by atoms with E-state index in [9.17, 15) is 28.1 Å². The van der Waals surface area contributed by atoms with Gasteiger partial charge >= 0.3 is 12.1 Å². The molecule has 0 aromatic heterocycles. The number of carbonyl (C=O) groups is 1. The number of nitro groups is 1. The first-order valence-electron chi connectivity index (χ1n) is 6.50. The molecular formula is C14H16F3NO4. The number of nitrogens with zero attached hydrogens (tertiary/aromatic N) is 1. The average molecular weight is 319 g/mol. The molecule has 0 spiro atoms. The second-order valence-electron chi connectivity index (χ2n) is 5.38. The van der Waals surface area contributed by atoms with Crippen LogP contribution in [0.5, 0.6) is 0 Å². The van der Waals surface area contributed by atoms with Crippen molar-refractivity contribution < 1.29 is 27.6 Å². The molecular weight excluding hydrogens is 303 g/mol. The maximum atomic E-state index is 13.1. The SMILES string of the molecule is CCOC(=O)C(C)(C)Cc1ccc([N+](=O)[O-])cc1C(F)(F)F. The zero-order valence-corrected chi connectivity index (χ0v) is 12.4. The second-order valence-corrected chi connectivity index (χ2v) is 5.38. The summed E-state index contributed by atoms with van der Waals surface area (Å²) in [4.78, 5) is 21.5. The minimum Gasteiger partial charge on any atom is -0.466 e. The molecule has 0 amide bonds. The van der Waals surface area contributed by atoms with Gasteiger partial charge in [-0.3, -0.25) is 14.9 Å².